The maximum Gasteiger partial charge on any atom is 0.416 e. The van der Waals surface area contributed by atoms with E-state index in [1.54, 1.807) is 0 Å². The summed E-state index contributed by atoms with van der Waals surface area (Å²) in [4.78, 5) is 15.0. The van der Waals surface area contributed by atoms with Gasteiger partial charge in [-0.15, -0.1) is 0 Å². The molecule has 2 aromatic carbocycles. The molecule has 0 atom stereocenters. The first-order valence-corrected chi connectivity index (χ1v) is 9.82. The largest absolute Gasteiger partial charge is 0.416 e. The monoisotopic (exact) mass is 433 g/mol. The Kier molecular flexibility index (Phi) is 5.67. The second-order valence-electron chi connectivity index (χ2n) is 7.30. The number of aromatic nitrogens is 1. The Balaban J connectivity index is 1.73. The van der Waals surface area contributed by atoms with Crippen LogP contribution in [-0.2, 0) is 6.18 Å². The summed E-state index contributed by atoms with van der Waals surface area (Å²) in [6.45, 7) is 1.34. The Morgan fingerprint density at radius 1 is 1.03 bits per heavy atom. The summed E-state index contributed by atoms with van der Waals surface area (Å²) in [5, 5.41) is 6.63. The SMILES string of the molecule is O=C(Nc1cccc(F)c1)c1c(-c2ccc(C(F)(F)F)cc2)noc1N1CCCCC1. The molecule has 1 saturated heterocycles. The summed E-state index contributed by atoms with van der Waals surface area (Å²) in [6, 6.07) is 9.77. The Morgan fingerprint density at radius 3 is 2.39 bits per heavy atom. The van der Waals surface area contributed by atoms with Crippen LogP contribution in [0.2, 0.25) is 0 Å². The van der Waals surface area contributed by atoms with Crippen molar-refractivity contribution in [3.05, 3.63) is 65.5 Å². The second kappa shape index (κ2) is 8.41. The van der Waals surface area contributed by atoms with E-state index in [4.69, 9.17) is 4.52 Å². The lowest BCUT2D eigenvalue weighted by Gasteiger charge is -2.26. The van der Waals surface area contributed by atoms with Crippen molar-refractivity contribution < 1.29 is 26.9 Å². The van der Waals surface area contributed by atoms with E-state index >= 15 is 0 Å². The molecule has 2 heterocycles. The number of piperidine rings is 1. The van der Waals surface area contributed by atoms with Crippen LogP contribution in [0.15, 0.2) is 53.1 Å². The minimum Gasteiger partial charge on any atom is -0.340 e. The number of anilines is 2. The van der Waals surface area contributed by atoms with E-state index in [-0.39, 0.29) is 22.8 Å². The molecule has 1 fully saturated rings. The van der Waals surface area contributed by atoms with Gasteiger partial charge in [0, 0.05) is 24.3 Å². The summed E-state index contributed by atoms with van der Waals surface area (Å²) in [5.74, 6) is -0.840. The number of hydrogen-bond acceptors (Lipinski definition) is 4. The van der Waals surface area contributed by atoms with E-state index in [2.05, 4.69) is 10.5 Å². The van der Waals surface area contributed by atoms with Crippen LogP contribution in [0, 0.1) is 5.82 Å². The van der Waals surface area contributed by atoms with E-state index in [1.807, 2.05) is 4.90 Å². The number of alkyl halides is 3. The third kappa shape index (κ3) is 4.55. The Bertz CT molecular complexity index is 1070. The number of amides is 1. The number of hydrogen-bond donors (Lipinski definition) is 1. The van der Waals surface area contributed by atoms with Gasteiger partial charge in [0.05, 0.1) is 5.56 Å². The van der Waals surface area contributed by atoms with Crippen LogP contribution in [0.25, 0.3) is 11.3 Å². The second-order valence-corrected chi connectivity index (χ2v) is 7.30. The van der Waals surface area contributed by atoms with E-state index < -0.39 is 23.5 Å². The molecule has 0 spiro atoms. The molecule has 9 heteroatoms. The summed E-state index contributed by atoms with van der Waals surface area (Å²) in [6.07, 6.45) is -1.58. The zero-order valence-electron chi connectivity index (χ0n) is 16.4. The van der Waals surface area contributed by atoms with E-state index in [0.29, 0.717) is 18.7 Å². The number of rotatable bonds is 4. The van der Waals surface area contributed by atoms with Crippen LogP contribution < -0.4 is 10.2 Å². The molecule has 0 bridgehead atoms. The van der Waals surface area contributed by atoms with Gasteiger partial charge in [-0.3, -0.25) is 4.79 Å². The first kappa shape index (κ1) is 20.9. The van der Waals surface area contributed by atoms with E-state index in [1.165, 1.54) is 36.4 Å². The maximum absolute atomic E-state index is 13.5. The Morgan fingerprint density at radius 2 is 1.74 bits per heavy atom. The van der Waals surface area contributed by atoms with Gasteiger partial charge in [-0.2, -0.15) is 13.2 Å². The standard InChI is InChI=1S/C22H19F4N3O2/c23-16-5-4-6-17(13-16)27-20(30)18-19(14-7-9-15(10-8-14)22(24,25)26)28-31-21(18)29-11-2-1-3-12-29/h4-10,13H,1-3,11-12H2,(H,27,30). The van der Waals surface area contributed by atoms with Gasteiger partial charge in [0.2, 0.25) is 5.88 Å². The fourth-order valence-electron chi connectivity index (χ4n) is 3.57. The molecule has 0 aliphatic carbocycles. The third-order valence-corrected chi connectivity index (χ3v) is 5.11. The molecule has 1 aromatic heterocycles. The van der Waals surface area contributed by atoms with Crippen molar-refractivity contribution >= 4 is 17.5 Å². The highest BCUT2D eigenvalue weighted by Gasteiger charge is 2.32. The molecule has 1 aliphatic rings. The molecule has 1 amide bonds. The van der Waals surface area contributed by atoms with Crippen LogP contribution in [0.3, 0.4) is 0 Å². The van der Waals surface area contributed by atoms with Gasteiger partial charge in [0.1, 0.15) is 17.1 Å². The van der Waals surface area contributed by atoms with Gasteiger partial charge in [-0.25, -0.2) is 4.39 Å². The maximum atomic E-state index is 13.5. The molecule has 1 N–H and O–H groups in total. The average molecular weight is 433 g/mol. The van der Waals surface area contributed by atoms with Gasteiger partial charge < -0.3 is 14.7 Å². The lowest BCUT2D eigenvalue weighted by atomic mass is 10.0. The zero-order valence-corrected chi connectivity index (χ0v) is 16.4. The summed E-state index contributed by atoms with van der Waals surface area (Å²) >= 11 is 0. The first-order chi connectivity index (χ1) is 14.8. The minimum absolute atomic E-state index is 0.103. The van der Waals surface area contributed by atoms with Crippen LogP contribution in [0.1, 0.15) is 35.2 Å². The topological polar surface area (TPSA) is 58.4 Å². The first-order valence-electron chi connectivity index (χ1n) is 9.82. The highest BCUT2D eigenvalue weighted by Crippen LogP contribution is 2.35. The molecule has 0 saturated carbocycles. The van der Waals surface area contributed by atoms with Gasteiger partial charge in [-0.05, 0) is 49.6 Å². The van der Waals surface area contributed by atoms with Crippen LogP contribution >= 0.6 is 0 Å². The van der Waals surface area contributed by atoms with Crippen molar-refractivity contribution in [2.45, 2.75) is 25.4 Å². The van der Waals surface area contributed by atoms with Crippen LogP contribution in [0.5, 0.6) is 0 Å². The smallest absolute Gasteiger partial charge is 0.340 e. The highest BCUT2D eigenvalue weighted by molar-refractivity contribution is 6.11. The molecular formula is C22H19F4N3O2. The molecule has 5 nitrogen and oxygen atoms in total. The average Bonchev–Trinajstić information content (AvgIpc) is 3.19. The number of nitrogens with zero attached hydrogens (tertiary/aromatic N) is 2. The highest BCUT2D eigenvalue weighted by atomic mass is 19.4. The predicted octanol–water partition coefficient (Wildman–Crippen LogP) is 5.74. The van der Waals surface area contributed by atoms with Gasteiger partial charge in [0.25, 0.3) is 5.91 Å². The predicted molar refractivity (Wildman–Crippen MR) is 107 cm³/mol. The lowest BCUT2D eigenvalue weighted by Crippen LogP contribution is -2.30. The molecular weight excluding hydrogens is 414 g/mol. The summed E-state index contributed by atoms with van der Waals surface area (Å²) in [7, 11) is 0. The van der Waals surface area contributed by atoms with E-state index in [9.17, 15) is 22.4 Å². The number of benzene rings is 2. The van der Waals surface area contributed by atoms with E-state index in [0.717, 1.165) is 31.4 Å². The van der Waals surface area contributed by atoms with Crippen molar-refractivity contribution in [1.29, 1.82) is 0 Å². The van der Waals surface area contributed by atoms with Gasteiger partial charge >= 0.3 is 6.18 Å². The number of carbonyl (C=O) groups excluding carboxylic acids is 1. The van der Waals surface area contributed by atoms with Crippen molar-refractivity contribution in [3.63, 3.8) is 0 Å². The number of halogens is 4. The molecule has 1 aliphatic heterocycles. The lowest BCUT2D eigenvalue weighted by molar-refractivity contribution is -0.137. The van der Waals surface area contributed by atoms with Crippen molar-refractivity contribution in [2.24, 2.45) is 0 Å². The molecule has 4 rings (SSSR count). The molecule has 31 heavy (non-hydrogen) atoms. The molecule has 0 unspecified atom stereocenters. The Labute approximate surface area is 175 Å². The summed E-state index contributed by atoms with van der Waals surface area (Å²) in [5.41, 5.74) is -0.0190. The van der Waals surface area contributed by atoms with Crippen LogP contribution in [0.4, 0.5) is 29.1 Å². The quantitative estimate of drug-likeness (QED) is 0.533. The van der Waals surface area contributed by atoms with Crippen molar-refractivity contribution in [3.8, 4) is 11.3 Å². The van der Waals surface area contributed by atoms with Gasteiger partial charge in [-0.1, -0.05) is 23.4 Å². The van der Waals surface area contributed by atoms with Crippen molar-refractivity contribution in [2.75, 3.05) is 23.3 Å². The zero-order chi connectivity index (χ0) is 22.0. The molecule has 162 valence electrons. The third-order valence-electron chi connectivity index (χ3n) is 5.11. The molecule has 3 aromatic rings. The fraction of sp³-hybridized carbons (Fsp3) is 0.273. The minimum atomic E-state index is -4.47. The number of carbonyl (C=O) groups is 1. The fourth-order valence-corrected chi connectivity index (χ4v) is 3.57. The number of nitrogens with one attached hydrogen (secondary N) is 1. The Hall–Kier alpha value is -3.36. The normalized spacial score (nSPS) is 14.5. The summed E-state index contributed by atoms with van der Waals surface area (Å²) < 4.78 is 57.8. The van der Waals surface area contributed by atoms with Crippen molar-refractivity contribution in [1.82, 2.24) is 5.16 Å². The van der Waals surface area contributed by atoms with Gasteiger partial charge in [0.15, 0.2) is 0 Å². The van der Waals surface area contributed by atoms with Crippen LogP contribution in [-0.4, -0.2) is 24.2 Å². The molecule has 0 radical (unpaired) electrons.